The number of halogens is 1. The van der Waals surface area contributed by atoms with Crippen LogP contribution in [0.2, 0.25) is 5.02 Å². The zero-order chi connectivity index (χ0) is 16.1. The molecule has 22 heavy (non-hydrogen) atoms. The summed E-state index contributed by atoms with van der Waals surface area (Å²) in [6.07, 6.45) is 0. The van der Waals surface area contributed by atoms with Gasteiger partial charge in [0, 0.05) is 19.1 Å². The minimum atomic E-state index is -3.43. The number of piperidine rings is 1. The van der Waals surface area contributed by atoms with E-state index in [0.717, 1.165) is 13.1 Å². The average Bonchev–Trinajstić information content (AvgIpc) is 2.89. The van der Waals surface area contributed by atoms with Crippen molar-refractivity contribution in [2.45, 2.75) is 30.0 Å². The highest BCUT2D eigenvalue weighted by Crippen LogP contribution is 2.41. The Balaban J connectivity index is 1.82. The van der Waals surface area contributed by atoms with Crippen LogP contribution in [0.1, 0.15) is 24.2 Å². The molecular formula is C15H19ClN2O3S. The van der Waals surface area contributed by atoms with Crippen LogP contribution in [0.3, 0.4) is 0 Å². The number of fused-ring (bicyclic) bond motifs is 1. The highest BCUT2D eigenvalue weighted by molar-refractivity contribution is 7.92. The first-order chi connectivity index (χ1) is 10.3. The molecule has 1 amide bonds. The van der Waals surface area contributed by atoms with E-state index in [0.29, 0.717) is 11.8 Å². The van der Waals surface area contributed by atoms with E-state index in [9.17, 15) is 13.2 Å². The van der Waals surface area contributed by atoms with Gasteiger partial charge in [-0.1, -0.05) is 11.6 Å². The van der Waals surface area contributed by atoms with Crippen LogP contribution in [0, 0.1) is 11.8 Å². The maximum atomic E-state index is 12.4. The maximum Gasteiger partial charge on any atom is 0.253 e. The Bertz CT molecular complexity index is 707. The van der Waals surface area contributed by atoms with Gasteiger partial charge in [0.2, 0.25) is 0 Å². The standard InChI is InChI=1S/C15H19ClN2O3S/c1-8(2)22(20,21)9-3-4-13(16)10(5-9)15(19)18-14-11-6-17-7-12(11)14/h3-5,8,11-12,14,17H,6-7H2,1-2H3,(H,18,19)/t11-,12+,14?. The van der Waals surface area contributed by atoms with Crippen LogP contribution >= 0.6 is 11.6 Å². The normalized spacial score (nSPS) is 26.8. The van der Waals surface area contributed by atoms with E-state index in [4.69, 9.17) is 11.6 Å². The SMILES string of the molecule is CC(C)S(=O)(=O)c1ccc(Cl)c(C(=O)NC2[C@H]3CNC[C@@H]23)c1. The molecule has 1 heterocycles. The molecule has 1 saturated carbocycles. The summed E-state index contributed by atoms with van der Waals surface area (Å²) in [6, 6.07) is 4.48. The van der Waals surface area contributed by atoms with Crippen LogP contribution in [0.25, 0.3) is 0 Å². The molecule has 3 atom stereocenters. The van der Waals surface area contributed by atoms with E-state index in [1.807, 2.05) is 0 Å². The van der Waals surface area contributed by atoms with Gasteiger partial charge < -0.3 is 10.6 Å². The monoisotopic (exact) mass is 342 g/mol. The van der Waals surface area contributed by atoms with Crippen LogP contribution < -0.4 is 10.6 Å². The lowest BCUT2D eigenvalue weighted by molar-refractivity contribution is 0.0946. The Hall–Kier alpha value is -1.11. The molecule has 7 heteroatoms. The molecule has 0 aromatic heterocycles. The molecule has 2 N–H and O–H groups in total. The van der Waals surface area contributed by atoms with E-state index >= 15 is 0 Å². The molecule has 1 saturated heterocycles. The minimum absolute atomic E-state index is 0.134. The zero-order valence-corrected chi connectivity index (χ0v) is 14.0. The van der Waals surface area contributed by atoms with Crippen molar-refractivity contribution in [1.29, 1.82) is 0 Å². The van der Waals surface area contributed by atoms with Crippen molar-refractivity contribution in [3.05, 3.63) is 28.8 Å². The Morgan fingerprint density at radius 3 is 2.55 bits per heavy atom. The number of nitrogens with one attached hydrogen (secondary N) is 2. The highest BCUT2D eigenvalue weighted by Gasteiger charge is 2.53. The van der Waals surface area contributed by atoms with Gasteiger partial charge in [0.1, 0.15) is 0 Å². The second kappa shape index (κ2) is 5.51. The summed E-state index contributed by atoms with van der Waals surface area (Å²) in [4.78, 5) is 12.5. The Morgan fingerprint density at radius 1 is 1.32 bits per heavy atom. The lowest BCUT2D eigenvalue weighted by atomic mass is 10.2. The molecule has 0 bridgehead atoms. The van der Waals surface area contributed by atoms with Crippen molar-refractivity contribution in [2.24, 2.45) is 11.8 Å². The van der Waals surface area contributed by atoms with Gasteiger partial charge in [-0.2, -0.15) is 0 Å². The average molecular weight is 343 g/mol. The third-order valence-corrected chi connectivity index (χ3v) is 7.00. The van der Waals surface area contributed by atoms with E-state index in [-0.39, 0.29) is 27.4 Å². The van der Waals surface area contributed by atoms with Crippen LogP contribution in [0.5, 0.6) is 0 Å². The quantitative estimate of drug-likeness (QED) is 0.869. The largest absolute Gasteiger partial charge is 0.349 e. The van der Waals surface area contributed by atoms with E-state index < -0.39 is 15.1 Å². The predicted octanol–water partition coefficient (Wildman–Crippen LogP) is 1.47. The fourth-order valence-corrected chi connectivity index (χ4v) is 4.28. The van der Waals surface area contributed by atoms with Gasteiger partial charge in [-0.3, -0.25) is 4.79 Å². The number of hydrogen-bond donors (Lipinski definition) is 2. The summed E-state index contributed by atoms with van der Waals surface area (Å²) in [5.41, 5.74) is 0.223. The lowest BCUT2D eigenvalue weighted by Crippen LogP contribution is -2.32. The topological polar surface area (TPSA) is 75.3 Å². The Kier molecular flexibility index (Phi) is 3.95. The summed E-state index contributed by atoms with van der Waals surface area (Å²) in [5.74, 6) is 0.681. The van der Waals surface area contributed by atoms with E-state index in [1.165, 1.54) is 18.2 Å². The van der Waals surface area contributed by atoms with Crippen molar-refractivity contribution in [1.82, 2.24) is 10.6 Å². The molecule has 1 aliphatic carbocycles. The Morgan fingerprint density at radius 2 is 1.95 bits per heavy atom. The van der Waals surface area contributed by atoms with Crippen molar-refractivity contribution in [3.63, 3.8) is 0 Å². The third kappa shape index (κ3) is 2.64. The van der Waals surface area contributed by atoms with E-state index in [2.05, 4.69) is 10.6 Å². The molecular weight excluding hydrogens is 324 g/mol. The lowest BCUT2D eigenvalue weighted by Gasteiger charge is -2.12. The van der Waals surface area contributed by atoms with Crippen LogP contribution in [-0.2, 0) is 9.84 Å². The second-order valence-corrected chi connectivity index (χ2v) is 9.13. The summed E-state index contributed by atoms with van der Waals surface area (Å²) in [6.45, 7) is 5.07. The number of carbonyl (C=O) groups is 1. The third-order valence-electron chi connectivity index (χ3n) is 4.52. The number of rotatable bonds is 4. The predicted molar refractivity (Wildman–Crippen MR) is 84.9 cm³/mol. The number of benzene rings is 1. The Labute approximate surface area is 135 Å². The first-order valence-electron chi connectivity index (χ1n) is 7.37. The van der Waals surface area contributed by atoms with Gasteiger partial charge in [-0.15, -0.1) is 0 Å². The molecule has 120 valence electrons. The molecule has 1 aliphatic heterocycles. The maximum absolute atomic E-state index is 12.4. The number of carbonyl (C=O) groups excluding carboxylic acids is 1. The molecule has 1 unspecified atom stereocenters. The van der Waals surface area contributed by atoms with E-state index in [1.54, 1.807) is 13.8 Å². The first kappa shape index (κ1) is 15.8. The molecule has 1 aromatic rings. The fraction of sp³-hybridized carbons (Fsp3) is 0.533. The summed E-state index contributed by atoms with van der Waals surface area (Å²) >= 11 is 6.08. The van der Waals surface area contributed by atoms with Gasteiger partial charge >= 0.3 is 0 Å². The van der Waals surface area contributed by atoms with Gasteiger partial charge in [-0.05, 0) is 43.9 Å². The van der Waals surface area contributed by atoms with Crippen LogP contribution in [0.15, 0.2) is 23.1 Å². The summed E-state index contributed by atoms with van der Waals surface area (Å²) < 4.78 is 24.5. The molecule has 3 rings (SSSR count). The van der Waals surface area contributed by atoms with Crippen molar-refractivity contribution >= 4 is 27.3 Å². The molecule has 0 radical (unpaired) electrons. The van der Waals surface area contributed by atoms with Gasteiger partial charge in [-0.25, -0.2) is 8.42 Å². The number of sulfone groups is 1. The van der Waals surface area contributed by atoms with Crippen molar-refractivity contribution in [3.8, 4) is 0 Å². The number of hydrogen-bond acceptors (Lipinski definition) is 4. The summed E-state index contributed by atoms with van der Waals surface area (Å²) in [7, 11) is -3.43. The minimum Gasteiger partial charge on any atom is -0.349 e. The highest BCUT2D eigenvalue weighted by atomic mass is 35.5. The molecule has 2 aliphatic rings. The second-order valence-electron chi connectivity index (χ2n) is 6.22. The van der Waals surface area contributed by atoms with Gasteiger partial charge in [0.05, 0.1) is 20.7 Å². The van der Waals surface area contributed by atoms with Gasteiger partial charge in [0.25, 0.3) is 5.91 Å². The zero-order valence-electron chi connectivity index (χ0n) is 12.5. The van der Waals surface area contributed by atoms with Gasteiger partial charge in [0.15, 0.2) is 9.84 Å². The fourth-order valence-electron chi connectivity index (χ4n) is 2.99. The van der Waals surface area contributed by atoms with Crippen LogP contribution in [-0.4, -0.2) is 38.7 Å². The number of amides is 1. The van der Waals surface area contributed by atoms with Crippen molar-refractivity contribution in [2.75, 3.05) is 13.1 Å². The summed E-state index contributed by atoms with van der Waals surface area (Å²) in [5, 5.41) is 5.95. The first-order valence-corrected chi connectivity index (χ1v) is 9.30. The molecule has 0 spiro atoms. The van der Waals surface area contributed by atoms with Crippen molar-refractivity contribution < 1.29 is 13.2 Å². The molecule has 1 aromatic carbocycles. The van der Waals surface area contributed by atoms with Crippen LogP contribution in [0.4, 0.5) is 0 Å². The molecule has 5 nitrogen and oxygen atoms in total. The smallest absolute Gasteiger partial charge is 0.253 e. The molecule has 2 fully saturated rings.